The molecule has 2 aliphatic rings. The van der Waals surface area contributed by atoms with E-state index in [0.717, 1.165) is 5.92 Å². The molecule has 0 bridgehead atoms. The fourth-order valence-electron chi connectivity index (χ4n) is 2.60. The molecule has 0 nitrogen and oxygen atoms in total. The van der Waals surface area contributed by atoms with Gasteiger partial charge in [0, 0.05) is 0 Å². The normalized spacial score (nSPS) is 23.5. The Morgan fingerprint density at radius 2 is 1.92 bits per heavy atom. The summed E-state index contributed by atoms with van der Waals surface area (Å²) in [5.74, 6) is 0.954. The molecule has 0 spiro atoms. The van der Waals surface area contributed by atoms with Gasteiger partial charge in [-0.05, 0) is 38.5 Å². The first kappa shape index (κ1) is 10.6. The summed E-state index contributed by atoms with van der Waals surface area (Å²) in [4.78, 5) is 0. The highest BCUT2D eigenvalue weighted by molar-refractivity contribution is 5.29. The molecule has 0 radical (unpaired) electrons. The van der Waals surface area contributed by atoms with E-state index < -0.39 is 0 Å². The van der Waals surface area contributed by atoms with Gasteiger partial charge in [-0.3, -0.25) is 0 Å². The van der Waals surface area contributed by atoms with Crippen molar-refractivity contribution in [2.45, 2.75) is 52.9 Å². The average Bonchev–Trinajstić information content (AvgIpc) is 2.57. The van der Waals surface area contributed by atoms with Gasteiger partial charge in [0.05, 0.1) is 0 Å². The lowest BCUT2D eigenvalue weighted by Gasteiger charge is -2.19. The SMILES string of the molecule is C.CC1=C(C2CCCC2)CCC=C1. The van der Waals surface area contributed by atoms with E-state index in [0.29, 0.717) is 0 Å². The lowest BCUT2D eigenvalue weighted by molar-refractivity contribution is 0.603. The molecule has 0 aromatic rings. The molecular formula is C13H22. The summed E-state index contributed by atoms with van der Waals surface area (Å²) in [5, 5.41) is 0. The maximum Gasteiger partial charge on any atom is -0.0197 e. The summed E-state index contributed by atoms with van der Waals surface area (Å²) >= 11 is 0. The van der Waals surface area contributed by atoms with Gasteiger partial charge >= 0.3 is 0 Å². The van der Waals surface area contributed by atoms with Crippen molar-refractivity contribution in [1.82, 2.24) is 0 Å². The second-order valence-electron chi connectivity index (χ2n) is 4.13. The van der Waals surface area contributed by atoms with E-state index >= 15 is 0 Å². The highest BCUT2D eigenvalue weighted by atomic mass is 14.3. The summed E-state index contributed by atoms with van der Waals surface area (Å²) in [5.41, 5.74) is 3.34. The highest BCUT2D eigenvalue weighted by Crippen LogP contribution is 2.36. The molecule has 1 fully saturated rings. The fourth-order valence-corrected chi connectivity index (χ4v) is 2.60. The van der Waals surface area contributed by atoms with Crippen LogP contribution in [0.15, 0.2) is 23.3 Å². The summed E-state index contributed by atoms with van der Waals surface area (Å²) in [6, 6.07) is 0. The quantitative estimate of drug-likeness (QED) is 0.555. The molecule has 0 N–H and O–H groups in total. The Bertz CT molecular complexity index is 214. The Morgan fingerprint density at radius 1 is 1.23 bits per heavy atom. The van der Waals surface area contributed by atoms with Gasteiger partial charge in [0.15, 0.2) is 0 Å². The minimum atomic E-state index is 0. The van der Waals surface area contributed by atoms with Crippen LogP contribution in [0.25, 0.3) is 0 Å². The van der Waals surface area contributed by atoms with E-state index in [1.165, 1.54) is 38.5 Å². The van der Waals surface area contributed by atoms with Crippen molar-refractivity contribution < 1.29 is 0 Å². The van der Waals surface area contributed by atoms with Crippen LogP contribution >= 0.6 is 0 Å². The second kappa shape index (κ2) is 4.64. The molecule has 1 saturated carbocycles. The Kier molecular flexibility index (Phi) is 3.77. The van der Waals surface area contributed by atoms with Crippen LogP contribution in [0, 0.1) is 5.92 Å². The van der Waals surface area contributed by atoms with Gasteiger partial charge < -0.3 is 0 Å². The molecule has 0 heterocycles. The van der Waals surface area contributed by atoms with Gasteiger partial charge in [-0.1, -0.05) is 43.6 Å². The van der Waals surface area contributed by atoms with E-state index in [1.54, 1.807) is 11.1 Å². The number of hydrogen-bond acceptors (Lipinski definition) is 0. The van der Waals surface area contributed by atoms with Crippen LogP contribution in [-0.2, 0) is 0 Å². The Labute approximate surface area is 82.7 Å². The minimum absolute atomic E-state index is 0. The van der Waals surface area contributed by atoms with Crippen molar-refractivity contribution in [2.24, 2.45) is 5.92 Å². The number of hydrogen-bond donors (Lipinski definition) is 0. The summed E-state index contributed by atoms with van der Waals surface area (Å²) < 4.78 is 0. The monoisotopic (exact) mass is 178 g/mol. The van der Waals surface area contributed by atoms with Gasteiger partial charge in [0.1, 0.15) is 0 Å². The molecular weight excluding hydrogens is 156 g/mol. The maximum atomic E-state index is 2.32. The van der Waals surface area contributed by atoms with Crippen molar-refractivity contribution in [3.8, 4) is 0 Å². The van der Waals surface area contributed by atoms with Crippen LogP contribution in [0.2, 0.25) is 0 Å². The first-order chi connectivity index (χ1) is 5.88. The highest BCUT2D eigenvalue weighted by Gasteiger charge is 2.20. The third kappa shape index (κ3) is 2.24. The molecule has 0 amide bonds. The molecule has 0 unspecified atom stereocenters. The van der Waals surface area contributed by atoms with Crippen molar-refractivity contribution >= 4 is 0 Å². The van der Waals surface area contributed by atoms with Gasteiger partial charge in [-0.2, -0.15) is 0 Å². The van der Waals surface area contributed by atoms with E-state index in [4.69, 9.17) is 0 Å². The number of allylic oxidation sites excluding steroid dienone is 4. The predicted octanol–water partition coefficient (Wildman–Crippen LogP) is 4.48. The molecule has 74 valence electrons. The smallest absolute Gasteiger partial charge is 0.0197 e. The van der Waals surface area contributed by atoms with Crippen LogP contribution in [0.1, 0.15) is 52.9 Å². The molecule has 0 aliphatic heterocycles. The van der Waals surface area contributed by atoms with Gasteiger partial charge in [0.25, 0.3) is 0 Å². The van der Waals surface area contributed by atoms with Crippen molar-refractivity contribution in [3.05, 3.63) is 23.3 Å². The second-order valence-corrected chi connectivity index (χ2v) is 4.13. The molecule has 0 aromatic heterocycles. The average molecular weight is 178 g/mol. The van der Waals surface area contributed by atoms with E-state index in [9.17, 15) is 0 Å². The van der Waals surface area contributed by atoms with E-state index in [2.05, 4.69) is 19.1 Å². The summed E-state index contributed by atoms with van der Waals surface area (Å²) in [7, 11) is 0. The van der Waals surface area contributed by atoms with Gasteiger partial charge in [-0.15, -0.1) is 0 Å². The maximum absolute atomic E-state index is 2.32. The molecule has 0 aromatic carbocycles. The van der Waals surface area contributed by atoms with Crippen LogP contribution in [-0.4, -0.2) is 0 Å². The van der Waals surface area contributed by atoms with E-state index in [1.807, 2.05) is 0 Å². The Balaban J connectivity index is 0.000000845. The lowest BCUT2D eigenvalue weighted by Crippen LogP contribution is -2.03. The van der Waals surface area contributed by atoms with Crippen LogP contribution < -0.4 is 0 Å². The topological polar surface area (TPSA) is 0 Å². The Hall–Kier alpha value is -0.520. The lowest BCUT2D eigenvalue weighted by atomic mass is 9.87. The zero-order chi connectivity index (χ0) is 8.39. The predicted molar refractivity (Wildman–Crippen MR) is 59.8 cm³/mol. The zero-order valence-electron chi connectivity index (χ0n) is 7.97. The number of rotatable bonds is 1. The van der Waals surface area contributed by atoms with Crippen LogP contribution in [0.4, 0.5) is 0 Å². The third-order valence-electron chi connectivity index (χ3n) is 3.30. The van der Waals surface area contributed by atoms with Crippen molar-refractivity contribution in [2.75, 3.05) is 0 Å². The third-order valence-corrected chi connectivity index (χ3v) is 3.30. The first-order valence-corrected chi connectivity index (χ1v) is 5.24. The molecule has 2 rings (SSSR count). The molecule has 13 heavy (non-hydrogen) atoms. The van der Waals surface area contributed by atoms with Crippen LogP contribution in [0.5, 0.6) is 0 Å². The van der Waals surface area contributed by atoms with E-state index in [-0.39, 0.29) is 7.43 Å². The zero-order valence-corrected chi connectivity index (χ0v) is 7.97. The minimum Gasteiger partial charge on any atom is -0.0840 e. The fraction of sp³-hybridized carbons (Fsp3) is 0.692. The standard InChI is InChI=1S/C12H18.CH4/c1-10-6-2-5-9-12(10)11-7-3-4-8-11;/h2,6,11H,3-5,7-9H2,1H3;1H4. The van der Waals surface area contributed by atoms with Gasteiger partial charge in [0.2, 0.25) is 0 Å². The molecule has 0 atom stereocenters. The van der Waals surface area contributed by atoms with Gasteiger partial charge in [-0.25, -0.2) is 0 Å². The first-order valence-electron chi connectivity index (χ1n) is 5.24. The molecule has 0 saturated heterocycles. The molecule has 2 aliphatic carbocycles. The molecule has 0 heteroatoms. The van der Waals surface area contributed by atoms with Crippen molar-refractivity contribution in [1.29, 1.82) is 0 Å². The summed E-state index contributed by atoms with van der Waals surface area (Å²) in [6.07, 6.45) is 13.1. The largest absolute Gasteiger partial charge is 0.0840 e. The Morgan fingerprint density at radius 3 is 2.54 bits per heavy atom. The van der Waals surface area contributed by atoms with Crippen molar-refractivity contribution in [3.63, 3.8) is 0 Å². The summed E-state index contributed by atoms with van der Waals surface area (Å²) in [6.45, 7) is 2.28. The van der Waals surface area contributed by atoms with Crippen LogP contribution in [0.3, 0.4) is 0 Å².